The third-order valence-corrected chi connectivity index (χ3v) is 1.79. The lowest BCUT2D eigenvalue weighted by atomic mass is 10.1. The molecule has 0 spiro atoms. The average molecular weight is 205 g/mol. The molecule has 0 aliphatic carbocycles. The van der Waals surface area contributed by atoms with Crippen molar-refractivity contribution >= 4 is 0 Å². The Bertz CT molecular complexity index is 294. The molecule has 0 unspecified atom stereocenters. The lowest BCUT2D eigenvalue weighted by Gasteiger charge is -2.09. The average Bonchev–Trinajstić information content (AvgIpc) is 2.15. The topological polar surface area (TPSA) is 51.8 Å². The fourth-order valence-electron chi connectivity index (χ4n) is 0.912. The van der Waals surface area contributed by atoms with Crippen molar-refractivity contribution in [3.05, 3.63) is 23.8 Å². The van der Waals surface area contributed by atoms with Crippen LogP contribution in [0, 0.1) is 0 Å². The molecule has 14 heavy (non-hydrogen) atoms. The molecule has 2 N–H and O–H groups in total. The van der Waals surface area contributed by atoms with Crippen LogP contribution < -0.4 is 5.73 Å². The molecule has 1 heterocycles. The molecule has 0 saturated carbocycles. The fraction of sp³-hybridized carbons (Fsp3) is 0.500. The Morgan fingerprint density at radius 3 is 2.21 bits per heavy atom. The van der Waals surface area contributed by atoms with Crippen LogP contribution in [0.3, 0.4) is 0 Å². The number of aromatic nitrogens is 2. The number of halogens is 3. The van der Waals surface area contributed by atoms with E-state index in [1.165, 1.54) is 0 Å². The number of hydrogen-bond acceptors (Lipinski definition) is 3. The minimum Gasteiger partial charge on any atom is -0.324 e. The molecule has 0 aromatic carbocycles. The van der Waals surface area contributed by atoms with Gasteiger partial charge in [-0.1, -0.05) is 6.92 Å². The highest BCUT2D eigenvalue weighted by molar-refractivity contribution is 5.10. The van der Waals surface area contributed by atoms with Gasteiger partial charge in [0, 0.05) is 24.0 Å². The third kappa shape index (κ3) is 2.41. The lowest BCUT2D eigenvalue weighted by molar-refractivity contribution is -0.145. The highest BCUT2D eigenvalue weighted by Gasteiger charge is 2.34. The Kier molecular flexibility index (Phi) is 3.05. The highest BCUT2D eigenvalue weighted by Crippen LogP contribution is 2.25. The first-order chi connectivity index (χ1) is 6.45. The van der Waals surface area contributed by atoms with Gasteiger partial charge in [0.1, 0.15) is 0 Å². The quantitative estimate of drug-likeness (QED) is 0.802. The van der Waals surface area contributed by atoms with Crippen molar-refractivity contribution in [1.29, 1.82) is 0 Å². The van der Waals surface area contributed by atoms with Crippen LogP contribution in [0.5, 0.6) is 0 Å². The Hall–Kier alpha value is -1.17. The number of alkyl halides is 3. The van der Waals surface area contributed by atoms with Crippen molar-refractivity contribution in [3.63, 3.8) is 0 Å². The van der Waals surface area contributed by atoms with Gasteiger partial charge in [-0.2, -0.15) is 13.2 Å². The van der Waals surface area contributed by atoms with Gasteiger partial charge in [0.25, 0.3) is 0 Å². The van der Waals surface area contributed by atoms with Crippen LogP contribution in [0.15, 0.2) is 12.4 Å². The predicted octanol–water partition coefficient (Wildman–Crippen LogP) is 1.91. The highest BCUT2D eigenvalue weighted by atomic mass is 19.4. The van der Waals surface area contributed by atoms with E-state index in [-0.39, 0.29) is 6.04 Å². The van der Waals surface area contributed by atoms with Crippen LogP contribution >= 0.6 is 0 Å². The second kappa shape index (κ2) is 3.91. The molecule has 78 valence electrons. The van der Waals surface area contributed by atoms with E-state index in [1.54, 1.807) is 0 Å². The van der Waals surface area contributed by atoms with Crippen molar-refractivity contribution < 1.29 is 13.2 Å². The summed E-state index contributed by atoms with van der Waals surface area (Å²) in [6.07, 6.45) is -1.63. The fourth-order valence-corrected chi connectivity index (χ4v) is 0.912. The van der Waals surface area contributed by atoms with Crippen LogP contribution in [0.4, 0.5) is 13.2 Å². The van der Waals surface area contributed by atoms with Crippen LogP contribution in [-0.4, -0.2) is 9.97 Å². The monoisotopic (exact) mass is 205 g/mol. The van der Waals surface area contributed by atoms with Crippen molar-refractivity contribution in [3.8, 4) is 0 Å². The van der Waals surface area contributed by atoms with E-state index >= 15 is 0 Å². The number of rotatable bonds is 2. The second-order valence-electron chi connectivity index (χ2n) is 2.85. The Morgan fingerprint density at radius 1 is 1.36 bits per heavy atom. The molecule has 1 atom stereocenters. The van der Waals surface area contributed by atoms with Crippen molar-refractivity contribution in [2.45, 2.75) is 25.6 Å². The first-order valence-electron chi connectivity index (χ1n) is 4.10. The predicted molar refractivity (Wildman–Crippen MR) is 44.3 cm³/mol. The molecule has 0 aliphatic heterocycles. The van der Waals surface area contributed by atoms with Gasteiger partial charge >= 0.3 is 6.18 Å². The first-order valence-corrected chi connectivity index (χ1v) is 4.10. The smallest absolute Gasteiger partial charge is 0.324 e. The van der Waals surface area contributed by atoms with Crippen molar-refractivity contribution in [1.82, 2.24) is 9.97 Å². The van der Waals surface area contributed by atoms with E-state index in [9.17, 15) is 13.2 Å². The zero-order valence-corrected chi connectivity index (χ0v) is 7.54. The number of nitrogens with two attached hydrogens (primary N) is 1. The van der Waals surface area contributed by atoms with Crippen LogP contribution in [0.2, 0.25) is 0 Å². The zero-order chi connectivity index (χ0) is 10.8. The van der Waals surface area contributed by atoms with Gasteiger partial charge in [0.05, 0.1) is 0 Å². The van der Waals surface area contributed by atoms with Gasteiger partial charge < -0.3 is 5.73 Å². The minimum absolute atomic E-state index is 0.308. The van der Waals surface area contributed by atoms with Gasteiger partial charge in [-0.15, -0.1) is 0 Å². The third-order valence-electron chi connectivity index (χ3n) is 1.79. The van der Waals surface area contributed by atoms with Crippen LogP contribution in [0.1, 0.15) is 30.8 Å². The first kappa shape index (κ1) is 10.9. The van der Waals surface area contributed by atoms with E-state index in [0.29, 0.717) is 12.0 Å². The van der Waals surface area contributed by atoms with Gasteiger partial charge in [-0.05, 0) is 6.42 Å². The van der Waals surface area contributed by atoms with Crippen LogP contribution in [-0.2, 0) is 6.18 Å². The molecule has 3 nitrogen and oxygen atoms in total. The summed E-state index contributed by atoms with van der Waals surface area (Å²) in [5.74, 6) is -1.13. The maximum atomic E-state index is 12.0. The molecule has 0 bridgehead atoms. The summed E-state index contributed by atoms with van der Waals surface area (Å²) in [5, 5.41) is 0. The molecule has 0 fully saturated rings. The van der Waals surface area contributed by atoms with E-state index < -0.39 is 12.0 Å². The van der Waals surface area contributed by atoms with E-state index in [0.717, 1.165) is 12.4 Å². The second-order valence-corrected chi connectivity index (χ2v) is 2.85. The summed E-state index contributed by atoms with van der Waals surface area (Å²) in [7, 11) is 0. The number of nitrogens with zero attached hydrogens (tertiary/aromatic N) is 2. The molecule has 0 amide bonds. The van der Waals surface area contributed by atoms with E-state index in [4.69, 9.17) is 5.73 Å². The summed E-state index contributed by atoms with van der Waals surface area (Å²) in [6.45, 7) is 1.84. The van der Waals surface area contributed by atoms with Crippen molar-refractivity contribution in [2.24, 2.45) is 5.73 Å². The largest absolute Gasteiger partial charge is 0.451 e. The molecule has 0 saturated heterocycles. The molecule has 0 aliphatic rings. The van der Waals surface area contributed by atoms with Gasteiger partial charge in [0.15, 0.2) is 0 Å². The SMILES string of the molecule is CC[C@@H](N)c1cnc(C(F)(F)F)nc1. The maximum Gasteiger partial charge on any atom is 0.451 e. The normalized spacial score (nSPS) is 14.1. The molecule has 1 aromatic heterocycles. The van der Waals surface area contributed by atoms with E-state index in [1.807, 2.05) is 6.92 Å². The summed E-state index contributed by atoms with van der Waals surface area (Å²) >= 11 is 0. The Labute approximate surface area is 79.2 Å². The molecule has 1 aromatic rings. The standard InChI is InChI=1S/C8H10F3N3/c1-2-6(12)5-3-13-7(14-4-5)8(9,10)11/h3-4,6H,2,12H2,1H3/t6-/m1/s1. The molecule has 1 rings (SSSR count). The Balaban J connectivity index is 2.89. The summed E-state index contributed by atoms with van der Waals surface area (Å²) < 4.78 is 36.1. The zero-order valence-electron chi connectivity index (χ0n) is 7.54. The Morgan fingerprint density at radius 2 is 1.86 bits per heavy atom. The van der Waals surface area contributed by atoms with Crippen molar-refractivity contribution in [2.75, 3.05) is 0 Å². The number of hydrogen-bond donors (Lipinski definition) is 1. The van der Waals surface area contributed by atoms with Gasteiger partial charge in [-0.3, -0.25) is 0 Å². The summed E-state index contributed by atoms with van der Waals surface area (Å²) in [4.78, 5) is 6.41. The lowest BCUT2D eigenvalue weighted by Crippen LogP contribution is -2.14. The van der Waals surface area contributed by atoms with Gasteiger partial charge in [0.2, 0.25) is 5.82 Å². The van der Waals surface area contributed by atoms with Crippen LogP contribution in [0.25, 0.3) is 0 Å². The summed E-state index contributed by atoms with van der Waals surface area (Å²) in [5.41, 5.74) is 6.11. The molecular formula is C8H10F3N3. The summed E-state index contributed by atoms with van der Waals surface area (Å²) in [6, 6.07) is -0.308. The molecule has 0 radical (unpaired) electrons. The molecular weight excluding hydrogens is 195 g/mol. The maximum absolute atomic E-state index is 12.0. The van der Waals surface area contributed by atoms with E-state index in [2.05, 4.69) is 9.97 Å². The minimum atomic E-state index is -4.49. The van der Waals surface area contributed by atoms with Gasteiger partial charge in [-0.25, -0.2) is 9.97 Å². The molecule has 6 heteroatoms.